The molecule has 1 atom stereocenters. The molecule has 1 aromatic carbocycles. The summed E-state index contributed by atoms with van der Waals surface area (Å²) in [5.74, 6) is 0.941. The topological polar surface area (TPSA) is 96.0 Å². The van der Waals surface area contributed by atoms with E-state index in [4.69, 9.17) is 4.74 Å². The van der Waals surface area contributed by atoms with Crippen molar-refractivity contribution in [2.45, 2.75) is 32.8 Å². The largest absolute Gasteiger partial charge is 0.444 e. The molecule has 3 aromatic rings. The number of aromatic amines is 1. The van der Waals surface area contributed by atoms with E-state index in [1.165, 1.54) is 0 Å². The maximum absolute atomic E-state index is 12.2. The van der Waals surface area contributed by atoms with Crippen LogP contribution in [0.15, 0.2) is 36.8 Å². The molecule has 0 aliphatic carbocycles. The molecule has 152 valence electrons. The molecular formula is C21H26N6O2. The van der Waals surface area contributed by atoms with Gasteiger partial charge >= 0.3 is 6.09 Å². The Morgan fingerprint density at radius 1 is 1.31 bits per heavy atom. The number of aromatic nitrogens is 4. The summed E-state index contributed by atoms with van der Waals surface area (Å²) in [4.78, 5) is 23.1. The Kier molecular flexibility index (Phi) is 5.08. The van der Waals surface area contributed by atoms with Crippen LogP contribution in [0, 0.1) is 5.92 Å². The van der Waals surface area contributed by atoms with Crippen LogP contribution >= 0.6 is 0 Å². The van der Waals surface area contributed by atoms with E-state index in [0.29, 0.717) is 31.5 Å². The molecule has 1 fully saturated rings. The predicted molar refractivity (Wildman–Crippen MR) is 112 cm³/mol. The summed E-state index contributed by atoms with van der Waals surface area (Å²) >= 11 is 0. The Balaban J connectivity index is 1.38. The van der Waals surface area contributed by atoms with Crippen molar-refractivity contribution < 1.29 is 9.53 Å². The third-order valence-corrected chi connectivity index (χ3v) is 4.90. The van der Waals surface area contributed by atoms with Gasteiger partial charge in [0.25, 0.3) is 0 Å². The van der Waals surface area contributed by atoms with E-state index in [0.717, 1.165) is 28.5 Å². The lowest BCUT2D eigenvalue weighted by Gasteiger charge is -2.24. The van der Waals surface area contributed by atoms with Gasteiger partial charge < -0.3 is 15.0 Å². The average molecular weight is 394 g/mol. The number of nitrogens with one attached hydrogen (secondary N) is 2. The zero-order valence-electron chi connectivity index (χ0n) is 17.0. The molecular weight excluding hydrogens is 368 g/mol. The van der Waals surface area contributed by atoms with Gasteiger partial charge in [-0.25, -0.2) is 14.8 Å². The normalized spacial score (nSPS) is 16.9. The number of H-pyrrole nitrogens is 1. The highest BCUT2D eigenvalue weighted by Crippen LogP contribution is 2.23. The van der Waals surface area contributed by atoms with Gasteiger partial charge in [-0.1, -0.05) is 12.1 Å². The summed E-state index contributed by atoms with van der Waals surface area (Å²) < 4.78 is 5.46. The summed E-state index contributed by atoms with van der Waals surface area (Å²) in [7, 11) is 0. The molecule has 29 heavy (non-hydrogen) atoms. The molecule has 1 aliphatic heterocycles. The van der Waals surface area contributed by atoms with E-state index < -0.39 is 5.60 Å². The molecule has 0 bridgehead atoms. The second kappa shape index (κ2) is 7.69. The number of likely N-dealkylation sites (tertiary alicyclic amines) is 1. The Morgan fingerprint density at radius 3 is 2.93 bits per heavy atom. The minimum Gasteiger partial charge on any atom is -0.444 e. The highest BCUT2D eigenvalue weighted by atomic mass is 16.6. The highest BCUT2D eigenvalue weighted by molar-refractivity contribution is 5.84. The van der Waals surface area contributed by atoms with Crippen molar-refractivity contribution in [1.29, 1.82) is 0 Å². The molecule has 0 saturated carbocycles. The summed E-state index contributed by atoms with van der Waals surface area (Å²) in [6.45, 7) is 7.76. The Bertz CT molecular complexity index is 996. The Hall–Kier alpha value is -3.16. The number of carbonyl (C=O) groups excluding carboxylic acids is 1. The van der Waals surface area contributed by atoms with Gasteiger partial charge in [0.1, 0.15) is 5.60 Å². The quantitative estimate of drug-likeness (QED) is 0.701. The molecule has 2 N–H and O–H groups in total. The van der Waals surface area contributed by atoms with E-state index in [9.17, 15) is 4.79 Å². The van der Waals surface area contributed by atoms with Gasteiger partial charge in [-0.15, -0.1) is 0 Å². The SMILES string of the molecule is CC(C)(C)OC(=O)N1CC[C@H](CNc2ncc3ccc(-c4cn[nH]c4)cc3n2)C1. The molecule has 8 nitrogen and oxygen atoms in total. The number of nitrogens with zero attached hydrogens (tertiary/aromatic N) is 4. The molecule has 0 radical (unpaired) electrons. The molecule has 1 saturated heterocycles. The lowest BCUT2D eigenvalue weighted by Crippen LogP contribution is -2.35. The van der Waals surface area contributed by atoms with Crippen LogP contribution in [0.4, 0.5) is 10.7 Å². The monoisotopic (exact) mass is 394 g/mol. The van der Waals surface area contributed by atoms with Crippen LogP contribution in [-0.2, 0) is 4.74 Å². The van der Waals surface area contributed by atoms with E-state index in [1.54, 1.807) is 11.1 Å². The maximum Gasteiger partial charge on any atom is 0.410 e. The molecule has 0 unspecified atom stereocenters. The molecule has 4 rings (SSSR count). The first-order chi connectivity index (χ1) is 13.9. The number of hydrogen-bond donors (Lipinski definition) is 2. The summed E-state index contributed by atoms with van der Waals surface area (Å²) in [6.07, 6.45) is 6.17. The molecule has 2 aromatic heterocycles. The van der Waals surface area contributed by atoms with Gasteiger partial charge in [0.05, 0.1) is 11.7 Å². The fourth-order valence-corrected chi connectivity index (χ4v) is 3.42. The third kappa shape index (κ3) is 4.64. The molecule has 0 spiro atoms. The van der Waals surface area contributed by atoms with Crippen molar-refractivity contribution in [3.8, 4) is 11.1 Å². The molecule has 1 amide bonds. The second-order valence-electron chi connectivity index (χ2n) is 8.42. The van der Waals surface area contributed by atoms with Crippen LogP contribution in [0.25, 0.3) is 22.0 Å². The summed E-state index contributed by atoms with van der Waals surface area (Å²) in [6, 6.07) is 6.08. The van der Waals surface area contributed by atoms with Crippen molar-refractivity contribution in [1.82, 2.24) is 25.1 Å². The highest BCUT2D eigenvalue weighted by Gasteiger charge is 2.29. The Labute approximate surface area is 169 Å². The van der Waals surface area contributed by atoms with Crippen LogP contribution in [0.3, 0.4) is 0 Å². The van der Waals surface area contributed by atoms with Crippen molar-refractivity contribution in [3.05, 3.63) is 36.8 Å². The van der Waals surface area contributed by atoms with Gasteiger partial charge in [0, 0.05) is 43.0 Å². The fourth-order valence-electron chi connectivity index (χ4n) is 3.42. The number of anilines is 1. The summed E-state index contributed by atoms with van der Waals surface area (Å²) in [5.41, 5.74) is 2.48. The lowest BCUT2D eigenvalue weighted by atomic mass is 10.1. The summed E-state index contributed by atoms with van der Waals surface area (Å²) in [5, 5.41) is 11.1. The van der Waals surface area contributed by atoms with Crippen molar-refractivity contribution in [2.75, 3.05) is 25.0 Å². The fraction of sp³-hybridized carbons (Fsp3) is 0.429. The van der Waals surface area contributed by atoms with Gasteiger partial charge in [0.15, 0.2) is 0 Å². The van der Waals surface area contributed by atoms with Crippen LogP contribution in [0.1, 0.15) is 27.2 Å². The smallest absolute Gasteiger partial charge is 0.410 e. The Morgan fingerprint density at radius 2 is 2.17 bits per heavy atom. The van der Waals surface area contributed by atoms with Gasteiger partial charge in [-0.2, -0.15) is 5.10 Å². The maximum atomic E-state index is 12.2. The number of hydrogen-bond acceptors (Lipinski definition) is 6. The molecule has 3 heterocycles. The van der Waals surface area contributed by atoms with Gasteiger partial charge in [0.2, 0.25) is 5.95 Å². The van der Waals surface area contributed by atoms with Crippen molar-refractivity contribution in [2.24, 2.45) is 5.92 Å². The van der Waals surface area contributed by atoms with Gasteiger partial charge in [-0.05, 0) is 44.7 Å². The standard InChI is InChI=1S/C21H26N6O2/c1-21(2,3)29-20(28)27-7-6-14(13-27)9-22-19-23-10-16-5-4-15(8-18(16)26-19)17-11-24-25-12-17/h4-5,8,10-12,14H,6-7,9,13H2,1-3H3,(H,24,25)(H,22,23,26)/t14-/m1/s1. The number of rotatable bonds is 4. The minimum absolute atomic E-state index is 0.242. The predicted octanol–water partition coefficient (Wildman–Crippen LogP) is 3.69. The third-order valence-electron chi connectivity index (χ3n) is 4.90. The first-order valence-electron chi connectivity index (χ1n) is 9.85. The number of benzene rings is 1. The van der Waals surface area contributed by atoms with Crippen molar-refractivity contribution >= 4 is 22.9 Å². The lowest BCUT2D eigenvalue weighted by molar-refractivity contribution is 0.0289. The number of amides is 1. The van der Waals surface area contributed by atoms with Crippen LogP contribution in [0.2, 0.25) is 0 Å². The first-order valence-corrected chi connectivity index (χ1v) is 9.85. The number of ether oxygens (including phenoxy) is 1. The molecule has 1 aliphatic rings. The van der Waals surface area contributed by atoms with Crippen LogP contribution in [-0.4, -0.2) is 56.4 Å². The van der Waals surface area contributed by atoms with E-state index in [1.807, 2.05) is 51.4 Å². The molecule has 8 heteroatoms. The van der Waals surface area contributed by atoms with Crippen LogP contribution < -0.4 is 5.32 Å². The van der Waals surface area contributed by atoms with Crippen molar-refractivity contribution in [3.63, 3.8) is 0 Å². The first kappa shape index (κ1) is 19.2. The van der Waals surface area contributed by atoms with E-state index in [-0.39, 0.29) is 6.09 Å². The zero-order valence-corrected chi connectivity index (χ0v) is 17.0. The second-order valence-corrected chi connectivity index (χ2v) is 8.42. The van der Waals surface area contributed by atoms with Crippen LogP contribution in [0.5, 0.6) is 0 Å². The van der Waals surface area contributed by atoms with E-state index in [2.05, 4.69) is 25.5 Å². The average Bonchev–Trinajstić information content (AvgIpc) is 3.36. The zero-order chi connectivity index (χ0) is 20.4. The minimum atomic E-state index is -0.471. The van der Waals surface area contributed by atoms with Gasteiger partial charge in [-0.3, -0.25) is 5.10 Å². The van der Waals surface area contributed by atoms with E-state index >= 15 is 0 Å². The number of carbonyl (C=O) groups is 1. The number of fused-ring (bicyclic) bond motifs is 1.